The van der Waals surface area contributed by atoms with E-state index >= 15 is 0 Å². The quantitative estimate of drug-likeness (QED) is 0.313. The van der Waals surface area contributed by atoms with Gasteiger partial charge in [-0.15, -0.1) is 6.58 Å². The molecule has 0 radical (unpaired) electrons. The van der Waals surface area contributed by atoms with Crippen molar-refractivity contribution >= 4 is 39.9 Å². The summed E-state index contributed by atoms with van der Waals surface area (Å²) in [5, 5.41) is 4.71. The molecule has 5 amide bonds. The zero-order valence-corrected chi connectivity index (χ0v) is 27.8. The third kappa shape index (κ3) is 8.08. The topological polar surface area (TPSA) is 181 Å². The summed E-state index contributed by atoms with van der Waals surface area (Å²) in [5.74, 6) is -2.70. The molecule has 0 aromatic rings. The largest absolute Gasteiger partial charge is 0.444 e. The van der Waals surface area contributed by atoms with Crippen LogP contribution in [0.5, 0.6) is 0 Å². The van der Waals surface area contributed by atoms with Gasteiger partial charge in [0.25, 0.3) is 5.91 Å². The fraction of sp³-hybridized carbons (Fsp3) is 0.767. The predicted octanol–water partition coefficient (Wildman–Crippen LogP) is 1.80. The lowest BCUT2D eigenvalue weighted by Crippen LogP contribution is -2.60. The molecule has 5 atom stereocenters. The number of likely N-dealkylation sites (tertiary alicyclic amines) is 2. The van der Waals surface area contributed by atoms with Crippen molar-refractivity contribution in [2.24, 2.45) is 11.3 Å². The van der Waals surface area contributed by atoms with E-state index in [9.17, 15) is 32.4 Å². The van der Waals surface area contributed by atoms with Gasteiger partial charge in [-0.05, 0) is 58.3 Å². The number of hydrogen-bond acceptors (Lipinski definition) is 9. The van der Waals surface area contributed by atoms with Gasteiger partial charge in [-0.1, -0.05) is 26.8 Å². The zero-order valence-electron chi connectivity index (χ0n) is 27.0. The van der Waals surface area contributed by atoms with Gasteiger partial charge in [-0.25, -0.2) is 18.0 Å². The summed E-state index contributed by atoms with van der Waals surface area (Å²) in [5.41, 5.74) is -3.20. The van der Waals surface area contributed by atoms with E-state index in [1.165, 1.54) is 11.0 Å². The van der Waals surface area contributed by atoms with Crippen LogP contribution in [0.15, 0.2) is 12.7 Å². The first-order valence-electron chi connectivity index (χ1n) is 15.5. The molecule has 14 nitrogen and oxygen atoms in total. The molecule has 3 N–H and O–H groups in total. The molecule has 15 heteroatoms. The molecule has 4 aliphatic rings. The Morgan fingerprint density at radius 3 is 2.16 bits per heavy atom. The number of rotatable bonds is 9. The van der Waals surface area contributed by atoms with E-state index in [2.05, 4.69) is 21.9 Å². The number of carbonyl (C=O) groups is 5. The number of nitrogens with one attached hydrogen (secondary N) is 3. The number of carbonyl (C=O) groups excluding carboxylic acids is 5. The van der Waals surface area contributed by atoms with Gasteiger partial charge < -0.3 is 29.9 Å². The van der Waals surface area contributed by atoms with E-state index in [0.29, 0.717) is 25.9 Å². The summed E-state index contributed by atoms with van der Waals surface area (Å²) < 4.78 is 38.3. The maximum absolute atomic E-state index is 14.2. The smallest absolute Gasteiger partial charge is 0.410 e. The molecule has 4 fully saturated rings. The number of amides is 5. The van der Waals surface area contributed by atoms with Crippen LogP contribution in [-0.4, -0.2) is 102 Å². The first-order valence-corrected chi connectivity index (χ1v) is 17.1. The van der Waals surface area contributed by atoms with Crippen molar-refractivity contribution in [3.05, 3.63) is 12.7 Å². The van der Waals surface area contributed by atoms with E-state index in [0.717, 1.165) is 12.8 Å². The summed E-state index contributed by atoms with van der Waals surface area (Å²) in [6.07, 6.45) is 1.97. The molecular weight excluding hydrogens is 606 g/mol. The van der Waals surface area contributed by atoms with Crippen LogP contribution >= 0.6 is 0 Å². The summed E-state index contributed by atoms with van der Waals surface area (Å²) >= 11 is 0. The Bertz CT molecular complexity index is 1330. The minimum Gasteiger partial charge on any atom is -0.444 e. The number of sulfonamides is 1. The number of alkyl carbamates (subject to hydrolysis) is 1. The SMILES string of the molecule is C=CC1C[C@]1(NC(=O)[C@@H]1C[C@@H](OC(=O)N2CCCC2)CN1C(=O)[C@@H](NC(=O)OC(C)(C)C)C(C)(C)C)C(=O)NS(=O)(=O)C1CC1. The third-order valence-corrected chi connectivity index (χ3v) is 10.3. The van der Waals surface area contributed by atoms with E-state index in [1.54, 1.807) is 46.4 Å². The molecule has 4 rings (SSSR count). The Hall–Kier alpha value is -3.36. The van der Waals surface area contributed by atoms with Gasteiger partial charge in [0.15, 0.2) is 0 Å². The maximum atomic E-state index is 14.2. The van der Waals surface area contributed by atoms with Crippen LogP contribution in [0.4, 0.5) is 9.59 Å². The summed E-state index contributed by atoms with van der Waals surface area (Å²) in [6, 6.07) is -2.31. The van der Waals surface area contributed by atoms with Crippen molar-refractivity contribution in [2.75, 3.05) is 19.6 Å². The summed E-state index contributed by atoms with van der Waals surface area (Å²) in [4.78, 5) is 69.8. The van der Waals surface area contributed by atoms with Crippen LogP contribution in [0.25, 0.3) is 0 Å². The van der Waals surface area contributed by atoms with Gasteiger partial charge in [-0.3, -0.25) is 19.1 Å². The molecule has 2 saturated carbocycles. The van der Waals surface area contributed by atoms with Gasteiger partial charge in [0.2, 0.25) is 21.8 Å². The van der Waals surface area contributed by atoms with Crippen LogP contribution in [0.1, 0.15) is 80.1 Å². The Morgan fingerprint density at radius 1 is 1.02 bits per heavy atom. The van der Waals surface area contributed by atoms with Gasteiger partial charge in [0.1, 0.15) is 29.3 Å². The second-order valence-corrected chi connectivity index (χ2v) is 16.5. The lowest BCUT2D eigenvalue weighted by atomic mass is 9.85. The Morgan fingerprint density at radius 2 is 1.64 bits per heavy atom. The van der Waals surface area contributed by atoms with E-state index in [4.69, 9.17) is 9.47 Å². The zero-order chi connectivity index (χ0) is 33.5. The van der Waals surface area contributed by atoms with Crippen LogP contribution in [0.2, 0.25) is 0 Å². The van der Waals surface area contributed by atoms with Crippen LogP contribution in [0, 0.1) is 11.3 Å². The monoisotopic (exact) mass is 653 g/mol. The van der Waals surface area contributed by atoms with Crippen LogP contribution < -0.4 is 15.4 Å². The lowest BCUT2D eigenvalue weighted by molar-refractivity contribution is -0.143. The molecule has 2 saturated heterocycles. The normalized spacial score (nSPS) is 27.3. The first-order chi connectivity index (χ1) is 20.8. The second-order valence-electron chi connectivity index (χ2n) is 14.6. The number of hydrogen-bond donors (Lipinski definition) is 3. The van der Waals surface area contributed by atoms with Gasteiger partial charge in [-0.2, -0.15) is 0 Å². The van der Waals surface area contributed by atoms with Gasteiger partial charge >= 0.3 is 12.2 Å². The highest BCUT2D eigenvalue weighted by Crippen LogP contribution is 2.45. The number of nitrogens with zero attached hydrogens (tertiary/aromatic N) is 2. The van der Waals surface area contributed by atoms with Crippen molar-refractivity contribution in [3.63, 3.8) is 0 Å². The molecule has 2 aliphatic heterocycles. The van der Waals surface area contributed by atoms with Crippen molar-refractivity contribution < 1.29 is 41.9 Å². The fourth-order valence-electron chi connectivity index (χ4n) is 5.75. The molecule has 45 heavy (non-hydrogen) atoms. The molecular formula is C30H47N5O9S. The maximum Gasteiger partial charge on any atom is 0.410 e. The van der Waals surface area contributed by atoms with E-state index in [1.807, 2.05) is 0 Å². The Labute approximate surface area is 265 Å². The van der Waals surface area contributed by atoms with Crippen molar-refractivity contribution in [3.8, 4) is 0 Å². The van der Waals surface area contributed by atoms with Gasteiger partial charge in [0.05, 0.1) is 11.8 Å². The molecule has 2 heterocycles. The van der Waals surface area contributed by atoms with Crippen LogP contribution in [0.3, 0.4) is 0 Å². The van der Waals surface area contributed by atoms with Crippen molar-refractivity contribution in [1.29, 1.82) is 0 Å². The number of ether oxygens (including phenoxy) is 2. The molecule has 2 aliphatic carbocycles. The van der Waals surface area contributed by atoms with E-state index < -0.39 is 85.8 Å². The van der Waals surface area contributed by atoms with Crippen molar-refractivity contribution in [2.45, 2.75) is 115 Å². The van der Waals surface area contributed by atoms with Crippen LogP contribution in [-0.2, 0) is 33.9 Å². The highest BCUT2D eigenvalue weighted by atomic mass is 32.2. The van der Waals surface area contributed by atoms with E-state index in [-0.39, 0.29) is 19.4 Å². The molecule has 0 aromatic heterocycles. The van der Waals surface area contributed by atoms with Crippen molar-refractivity contribution in [1.82, 2.24) is 25.2 Å². The standard InChI is InChI=1S/C30H47N5O9S/c1-8-18-16-30(18,25(38)33-45(41,42)20-11-12-20)32-23(36)21-15-19(43-27(40)34-13-9-10-14-34)17-35(21)24(37)22(28(2,3)4)31-26(39)44-29(5,6)7/h8,18-22H,1,9-17H2,2-7H3,(H,31,39)(H,32,36)(H,33,38)/t18?,19-,21+,22-,30-/m1/s1. The van der Waals surface area contributed by atoms with Gasteiger partial charge in [0, 0.05) is 25.4 Å². The highest BCUT2D eigenvalue weighted by molar-refractivity contribution is 7.91. The minimum absolute atomic E-state index is 0.0583. The summed E-state index contributed by atoms with van der Waals surface area (Å²) in [6.45, 7) is 15.0. The molecule has 0 bridgehead atoms. The predicted molar refractivity (Wildman–Crippen MR) is 163 cm³/mol. The average Bonchev–Trinajstić information content (AvgIpc) is 3.78. The molecule has 0 aromatic carbocycles. The molecule has 252 valence electrons. The highest BCUT2D eigenvalue weighted by Gasteiger charge is 2.62. The second kappa shape index (κ2) is 12.4. The third-order valence-electron chi connectivity index (χ3n) is 8.50. The Kier molecular flexibility index (Phi) is 9.54. The minimum atomic E-state index is -3.89. The average molecular weight is 654 g/mol. The Balaban J connectivity index is 1.58. The first kappa shape index (κ1) is 34.5. The molecule has 1 unspecified atom stereocenters. The fourth-order valence-corrected chi connectivity index (χ4v) is 7.11. The lowest BCUT2D eigenvalue weighted by Gasteiger charge is -2.36. The summed E-state index contributed by atoms with van der Waals surface area (Å²) in [7, 11) is -3.89. The molecule has 0 spiro atoms.